The first-order chi connectivity index (χ1) is 15.2. The third kappa shape index (κ3) is 13.8. The van der Waals surface area contributed by atoms with Crippen LogP contribution < -0.4 is 9.47 Å². The van der Waals surface area contributed by atoms with Crippen molar-refractivity contribution >= 4 is 79.4 Å². The van der Waals surface area contributed by atoms with E-state index in [0.29, 0.717) is 24.7 Å². The van der Waals surface area contributed by atoms with Gasteiger partial charge in [-0.25, -0.2) is 0 Å². The zero-order chi connectivity index (χ0) is 23.5. The third-order valence-corrected chi connectivity index (χ3v) is 6.56. The Kier molecular flexibility index (Phi) is 17.3. The van der Waals surface area contributed by atoms with Gasteiger partial charge in [-0.15, -0.1) is 0 Å². The SMILES string of the molecule is O=S(=O)(O)c1ccc(OCCCCCCCCCCOc2ccc(S(=O)(=O)O)cc2)cc1.[Na].[Na]. The normalized spacial score (nSPS) is 11.2. The van der Waals surface area contributed by atoms with Gasteiger partial charge in [0.15, 0.2) is 0 Å². The molecule has 0 aromatic heterocycles. The second kappa shape index (κ2) is 17.3. The Hall–Kier alpha value is -0.140. The first-order valence-electron chi connectivity index (χ1n) is 10.6. The Labute approximate surface area is 246 Å². The first kappa shape index (κ1) is 33.9. The van der Waals surface area contributed by atoms with Crippen LogP contribution in [-0.4, -0.2) is 98.3 Å². The molecule has 2 aromatic carbocycles. The van der Waals surface area contributed by atoms with E-state index in [0.717, 1.165) is 51.4 Å². The summed E-state index contributed by atoms with van der Waals surface area (Å²) in [4.78, 5) is -0.295. The monoisotopic (exact) mass is 532 g/mol. The van der Waals surface area contributed by atoms with E-state index in [2.05, 4.69) is 0 Å². The molecule has 0 bridgehead atoms. The Morgan fingerprint density at radius 1 is 0.500 bits per heavy atom. The van der Waals surface area contributed by atoms with E-state index in [-0.39, 0.29) is 68.9 Å². The van der Waals surface area contributed by atoms with E-state index >= 15 is 0 Å². The van der Waals surface area contributed by atoms with E-state index in [1.54, 1.807) is 0 Å². The van der Waals surface area contributed by atoms with Crippen molar-refractivity contribution in [3.8, 4) is 11.5 Å². The molecule has 180 valence electrons. The zero-order valence-electron chi connectivity index (χ0n) is 19.9. The van der Waals surface area contributed by atoms with Gasteiger partial charge in [-0.3, -0.25) is 9.11 Å². The number of benzene rings is 2. The van der Waals surface area contributed by atoms with E-state index in [1.807, 2.05) is 0 Å². The van der Waals surface area contributed by atoms with Crippen molar-refractivity contribution in [2.24, 2.45) is 0 Å². The standard InChI is InChI=1S/C22H30O8S2.2Na/c23-31(24,25)21-13-9-19(10-14-21)29-17-7-5-3-1-2-4-6-8-18-30-20-11-15-22(16-12-20)32(26,27)28;;/h9-16H,1-8,17-18H2,(H,23,24,25)(H,26,27,28);;. The molecule has 0 heterocycles. The fourth-order valence-electron chi connectivity index (χ4n) is 3.06. The quantitative estimate of drug-likeness (QED) is 0.200. The van der Waals surface area contributed by atoms with Crippen molar-refractivity contribution in [2.45, 2.75) is 61.2 Å². The Balaban J connectivity index is 0.00000544. The van der Waals surface area contributed by atoms with Crippen molar-refractivity contribution in [1.29, 1.82) is 0 Å². The predicted molar refractivity (Wildman–Crippen MR) is 132 cm³/mol. The van der Waals surface area contributed by atoms with Gasteiger partial charge in [-0.1, -0.05) is 38.5 Å². The van der Waals surface area contributed by atoms with Crippen LogP contribution in [0.4, 0.5) is 0 Å². The van der Waals surface area contributed by atoms with Crippen LogP contribution in [0.3, 0.4) is 0 Å². The van der Waals surface area contributed by atoms with Gasteiger partial charge < -0.3 is 9.47 Å². The second-order valence-corrected chi connectivity index (χ2v) is 10.3. The summed E-state index contributed by atoms with van der Waals surface area (Å²) in [6.07, 6.45) is 8.53. The maximum absolute atomic E-state index is 11.0. The van der Waals surface area contributed by atoms with Gasteiger partial charge in [0.1, 0.15) is 11.5 Å². The van der Waals surface area contributed by atoms with Gasteiger partial charge in [0, 0.05) is 59.1 Å². The molecule has 0 aliphatic carbocycles. The number of hydrogen-bond donors (Lipinski definition) is 2. The van der Waals surface area contributed by atoms with Crippen LogP contribution in [0.2, 0.25) is 0 Å². The summed E-state index contributed by atoms with van der Waals surface area (Å²) in [6.45, 7) is 1.13. The van der Waals surface area contributed by atoms with E-state index < -0.39 is 20.2 Å². The van der Waals surface area contributed by atoms with Crippen LogP contribution in [0.15, 0.2) is 58.3 Å². The summed E-state index contributed by atoms with van der Waals surface area (Å²) in [7, 11) is -8.34. The minimum absolute atomic E-state index is 0. The summed E-state index contributed by atoms with van der Waals surface area (Å²) in [5.74, 6) is 1.16. The Morgan fingerprint density at radius 3 is 1.03 bits per heavy atom. The molecule has 0 fully saturated rings. The molecule has 0 saturated heterocycles. The smallest absolute Gasteiger partial charge is 0.294 e. The molecule has 8 nitrogen and oxygen atoms in total. The van der Waals surface area contributed by atoms with Crippen molar-refractivity contribution in [1.82, 2.24) is 0 Å². The average molecular weight is 533 g/mol. The van der Waals surface area contributed by atoms with Crippen molar-refractivity contribution in [3.05, 3.63) is 48.5 Å². The summed E-state index contributed by atoms with van der Waals surface area (Å²) >= 11 is 0. The largest absolute Gasteiger partial charge is 0.494 e. The fourth-order valence-corrected chi connectivity index (χ4v) is 4.02. The summed E-state index contributed by atoms with van der Waals surface area (Å²) in [5.41, 5.74) is 0. The van der Waals surface area contributed by atoms with E-state index in [1.165, 1.54) is 48.5 Å². The van der Waals surface area contributed by atoms with Crippen LogP contribution >= 0.6 is 0 Å². The summed E-state index contributed by atoms with van der Waals surface area (Å²) in [6, 6.07) is 11.4. The molecule has 0 amide bonds. The molecule has 0 atom stereocenters. The molecule has 0 saturated carbocycles. The molecule has 0 unspecified atom stereocenters. The van der Waals surface area contributed by atoms with E-state index in [9.17, 15) is 16.8 Å². The van der Waals surface area contributed by atoms with Crippen LogP contribution in [-0.2, 0) is 20.2 Å². The fraction of sp³-hybridized carbons (Fsp3) is 0.455. The number of unbranched alkanes of at least 4 members (excludes halogenated alkanes) is 7. The molecular formula is C22H30Na2O8S2. The van der Waals surface area contributed by atoms with Crippen LogP contribution in [0.25, 0.3) is 0 Å². The topological polar surface area (TPSA) is 127 Å². The molecule has 2 N–H and O–H groups in total. The molecule has 2 aromatic rings. The Bertz CT molecular complexity index is 940. The van der Waals surface area contributed by atoms with Crippen molar-refractivity contribution in [2.75, 3.05) is 13.2 Å². The predicted octanol–water partition coefficient (Wildman–Crippen LogP) is 4.00. The molecular weight excluding hydrogens is 502 g/mol. The van der Waals surface area contributed by atoms with Gasteiger partial charge in [0.05, 0.1) is 23.0 Å². The van der Waals surface area contributed by atoms with Gasteiger partial charge in [0.25, 0.3) is 20.2 Å². The molecule has 0 spiro atoms. The Morgan fingerprint density at radius 2 is 0.765 bits per heavy atom. The number of hydrogen-bond acceptors (Lipinski definition) is 6. The summed E-state index contributed by atoms with van der Waals surface area (Å²) in [5, 5.41) is 0. The maximum atomic E-state index is 11.0. The van der Waals surface area contributed by atoms with Crippen LogP contribution in [0.1, 0.15) is 51.4 Å². The minimum Gasteiger partial charge on any atom is -0.494 e. The van der Waals surface area contributed by atoms with Gasteiger partial charge in [-0.2, -0.15) is 16.8 Å². The van der Waals surface area contributed by atoms with E-state index in [4.69, 9.17) is 18.6 Å². The summed E-state index contributed by atoms with van der Waals surface area (Å²) < 4.78 is 73.0. The van der Waals surface area contributed by atoms with Crippen LogP contribution in [0, 0.1) is 0 Å². The maximum Gasteiger partial charge on any atom is 0.294 e. The molecule has 0 aliphatic heterocycles. The van der Waals surface area contributed by atoms with Gasteiger partial charge in [0.2, 0.25) is 0 Å². The van der Waals surface area contributed by atoms with Crippen molar-refractivity contribution < 1.29 is 35.4 Å². The average Bonchev–Trinajstić information content (AvgIpc) is 2.74. The first-order valence-corrected chi connectivity index (χ1v) is 13.4. The number of ether oxygens (including phenoxy) is 2. The third-order valence-electron chi connectivity index (χ3n) is 4.82. The molecule has 34 heavy (non-hydrogen) atoms. The van der Waals surface area contributed by atoms with Gasteiger partial charge in [-0.05, 0) is 61.4 Å². The molecule has 2 rings (SSSR count). The van der Waals surface area contributed by atoms with Crippen molar-refractivity contribution in [3.63, 3.8) is 0 Å². The van der Waals surface area contributed by atoms with Crippen LogP contribution in [0.5, 0.6) is 11.5 Å². The molecule has 0 aliphatic rings. The second-order valence-electron chi connectivity index (χ2n) is 7.42. The zero-order valence-corrected chi connectivity index (χ0v) is 25.5. The molecule has 2 radical (unpaired) electrons. The molecule has 12 heteroatoms. The number of rotatable bonds is 15. The minimum atomic E-state index is -4.17. The van der Waals surface area contributed by atoms with Gasteiger partial charge >= 0.3 is 0 Å².